The van der Waals surface area contributed by atoms with Crippen molar-refractivity contribution in [2.45, 2.75) is 63.3 Å². The van der Waals surface area contributed by atoms with Crippen LogP contribution < -0.4 is 10.1 Å². The molecule has 128 valence electrons. The van der Waals surface area contributed by atoms with Gasteiger partial charge in [-0.1, -0.05) is 18.9 Å². The zero-order chi connectivity index (χ0) is 16.1. The maximum atomic E-state index is 10.2. The van der Waals surface area contributed by atoms with Gasteiger partial charge < -0.3 is 15.2 Å². The lowest BCUT2D eigenvalue weighted by molar-refractivity contribution is 0.00712. The van der Waals surface area contributed by atoms with Crippen LogP contribution in [0.15, 0.2) is 18.2 Å². The molecule has 0 amide bonds. The summed E-state index contributed by atoms with van der Waals surface area (Å²) in [5.41, 5.74) is 1.02. The Hall–Kier alpha value is -1.17. The van der Waals surface area contributed by atoms with Gasteiger partial charge in [0, 0.05) is 37.8 Å². The van der Waals surface area contributed by atoms with Crippen LogP contribution in [-0.4, -0.2) is 53.4 Å². The number of methoxy groups -OCH3 is 1. The molecule has 2 N–H and O–H groups in total. The molecule has 2 atom stereocenters. The van der Waals surface area contributed by atoms with E-state index in [2.05, 4.69) is 15.2 Å². The highest BCUT2D eigenvalue weighted by Crippen LogP contribution is 2.26. The maximum Gasteiger partial charge on any atom is 0.213 e. The Balaban J connectivity index is 1.43. The Kier molecular flexibility index (Phi) is 5.86. The van der Waals surface area contributed by atoms with Crippen LogP contribution in [0.5, 0.6) is 5.88 Å². The average Bonchev–Trinajstić information content (AvgIpc) is 2.61. The molecular weight excluding hydrogens is 290 g/mol. The standard InChI is InChI=1S/C18H29N3O2/c1-23-18-8-4-5-15(20-18)13-19-14-9-11-21(12-10-14)16-6-2-3-7-17(16)22/h4-5,8,14,16-17,19,22H,2-3,6-7,9-13H2,1H3/t16-,17+/m0/s1. The molecule has 2 aliphatic rings. The first-order valence-corrected chi connectivity index (χ1v) is 8.91. The zero-order valence-corrected chi connectivity index (χ0v) is 14.1. The van der Waals surface area contributed by atoms with E-state index in [1.807, 2.05) is 18.2 Å². The summed E-state index contributed by atoms with van der Waals surface area (Å²) < 4.78 is 5.17. The van der Waals surface area contributed by atoms with Gasteiger partial charge in [-0.25, -0.2) is 4.98 Å². The largest absolute Gasteiger partial charge is 0.481 e. The number of aliphatic hydroxyl groups is 1. The highest BCUT2D eigenvalue weighted by atomic mass is 16.5. The van der Waals surface area contributed by atoms with Gasteiger partial charge in [0.25, 0.3) is 0 Å². The van der Waals surface area contributed by atoms with Gasteiger partial charge in [0.2, 0.25) is 5.88 Å². The second-order valence-electron chi connectivity index (χ2n) is 6.78. The quantitative estimate of drug-likeness (QED) is 0.869. The van der Waals surface area contributed by atoms with Crippen molar-refractivity contribution in [1.82, 2.24) is 15.2 Å². The van der Waals surface area contributed by atoms with Crippen LogP contribution in [0.3, 0.4) is 0 Å². The monoisotopic (exact) mass is 319 g/mol. The summed E-state index contributed by atoms with van der Waals surface area (Å²) in [4.78, 5) is 6.95. The Bertz CT molecular complexity index is 489. The molecule has 0 radical (unpaired) electrons. The molecule has 0 unspecified atom stereocenters. The third-order valence-electron chi connectivity index (χ3n) is 5.25. The Morgan fingerprint density at radius 1 is 1.22 bits per heavy atom. The molecule has 1 aliphatic heterocycles. The van der Waals surface area contributed by atoms with Gasteiger partial charge in [-0.05, 0) is 31.7 Å². The first kappa shape index (κ1) is 16.7. The fourth-order valence-corrected chi connectivity index (χ4v) is 3.87. The average molecular weight is 319 g/mol. The fraction of sp³-hybridized carbons (Fsp3) is 0.722. The second-order valence-corrected chi connectivity index (χ2v) is 6.78. The van der Waals surface area contributed by atoms with Crippen molar-refractivity contribution in [3.8, 4) is 5.88 Å². The van der Waals surface area contributed by atoms with E-state index in [4.69, 9.17) is 4.74 Å². The number of hydrogen-bond acceptors (Lipinski definition) is 5. The molecule has 1 aliphatic carbocycles. The van der Waals surface area contributed by atoms with Gasteiger partial charge in [-0.3, -0.25) is 4.90 Å². The first-order chi connectivity index (χ1) is 11.3. The second kappa shape index (κ2) is 8.08. The summed E-state index contributed by atoms with van der Waals surface area (Å²) in [5.74, 6) is 0.672. The molecule has 1 saturated carbocycles. The van der Waals surface area contributed by atoms with Crippen LogP contribution in [0.25, 0.3) is 0 Å². The predicted octanol–water partition coefficient (Wildman–Crippen LogP) is 1.95. The molecule has 1 aromatic heterocycles. The molecular formula is C18H29N3O2. The molecule has 5 heteroatoms. The summed E-state index contributed by atoms with van der Waals surface area (Å²) in [6, 6.07) is 6.82. The fourth-order valence-electron chi connectivity index (χ4n) is 3.87. The predicted molar refractivity (Wildman–Crippen MR) is 90.5 cm³/mol. The summed E-state index contributed by atoms with van der Waals surface area (Å²) in [7, 11) is 1.65. The third-order valence-corrected chi connectivity index (χ3v) is 5.25. The zero-order valence-electron chi connectivity index (χ0n) is 14.1. The van der Waals surface area contributed by atoms with Crippen molar-refractivity contribution in [2.24, 2.45) is 0 Å². The van der Waals surface area contributed by atoms with Crippen LogP contribution >= 0.6 is 0 Å². The van der Waals surface area contributed by atoms with Crippen LogP contribution in [0, 0.1) is 0 Å². The molecule has 2 heterocycles. The van der Waals surface area contributed by atoms with Crippen molar-refractivity contribution < 1.29 is 9.84 Å². The van der Waals surface area contributed by atoms with Gasteiger partial charge >= 0.3 is 0 Å². The minimum atomic E-state index is -0.116. The molecule has 3 rings (SSSR count). The number of likely N-dealkylation sites (tertiary alicyclic amines) is 1. The van der Waals surface area contributed by atoms with E-state index in [-0.39, 0.29) is 6.10 Å². The Morgan fingerprint density at radius 2 is 2.00 bits per heavy atom. The molecule has 23 heavy (non-hydrogen) atoms. The lowest BCUT2D eigenvalue weighted by Gasteiger charge is -2.41. The van der Waals surface area contributed by atoms with E-state index in [9.17, 15) is 5.11 Å². The van der Waals surface area contributed by atoms with Crippen LogP contribution in [-0.2, 0) is 6.54 Å². The topological polar surface area (TPSA) is 57.6 Å². The first-order valence-electron chi connectivity index (χ1n) is 8.91. The van der Waals surface area contributed by atoms with Crippen molar-refractivity contribution in [2.75, 3.05) is 20.2 Å². The normalized spacial score (nSPS) is 27.0. The summed E-state index contributed by atoms with van der Waals surface area (Å²) >= 11 is 0. The summed E-state index contributed by atoms with van der Waals surface area (Å²) in [6.45, 7) is 2.96. The minimum absolute atomic E-state index is 0.116. The van der Waals surface area contributed by atoms with Crippen molar-refractivity contribution in [3.05, 3.63) is 23.9 Å². The number of rotatable bonds is 5. The summed E-state index contributed by atoms with van der Waals surface area (Å²) in [6.07, 6.45) is 6.76. The van der Waals surface area contributed by atoms with E-state index >= 15 is 0 Å². The van der Waals surface area contributed by atoms with E-state index < -0.39 is 0 Å². The van der Waals surface area contributed by atoms with Crippen LogP contribution in [0.1, 0.15) is 44.2 Å². The summed E-state index contributed by atoms with van der Waals surface area (Å²) in [5, 5.41) is 13.8. The number of aliphatic hydroxyl groups excluding tert-OH is 1. The molecule has 0 aromatic carbocycles. The number of nitrogens with one attached hydrogen (secondary N) is 1. The lowest BCUT2D eigenvalue weighted by atomic mass is 9.89. The number of nitrogens with zero attached hydrogens (tertiary/aromatic N) is 2. The molecule has 0 spiro atoms. The van der Waals surface area contributed by atoms with E-state index in [1.54, 1.807) is 7.11 Å². The lowest BCUT2D eigenvalue weighted by Crippen LogP contribution is -2.51. The minimum Gasteiger partial charge on any atom is -0.481 e. The number of ether oxygens (including phenoxy) is 1. The Labute approximate surface area is 139 Å². The van der Waals surface area contributed by atoms with Gasteiger partial charge in [0.1, 0.15) is 0 Å². The molecule has 1 saturated heterocycles. The highest BCUT2D eigenvalue weighted by molar-refractivity contribution is 5.15. The smallest absolute Gasteiger partial charge is 0.213 e. The van der Waals surface area contributed by atoms with Gasteiger partial charge in [0.05, 0.1) is 18.9 Å². The van der Waals surface area contributed by atoms with Gasteiger partial charge in [-0.2, -0.15) is 0 Å². The third kappa shape index (κ3) is 4.43. The van der Waals surface area contributed by atoms with Gasteiger partial charge in [0.15, 0.2) is 0 Å². The van der Waals surface area contributed by atoms with Crippen LogP contribution in [0.4, 0.5) is 0 Å². The number of hydrogen-bond donors (Lipinski definition) is 2. The molecule has 2 fully saturated rings. The van der Waals surface area contributed by atoms with Crippen molar-refractivity contribution in [3.63, 3.8) is 0 Å². The van der Waals surface area contributed by atoms with Crippen LogP contribution in [0.2, 0.25) is 0 Å². The molecule has 1 aromatic rings. The molecule has 5 nitrogen and oxygen atoms in total. The maximum absolute atomic E-state index is 10.2. The van der Waals surface area contributed by atoms with E-state index in [1.165, 1.54) is 12.8 Å². The van der Waals surface area contributed by atoms with E-state index in [0.717, 1.165) is 51.0 Å². The van der Waals surface area contributed by atoms with Crippen molar-refractivity contribution >= 4 is 0 Å². The number of aromatic nitrogens is 1. The SMILES string of the molecule is COc1cccc(CNC2CCN([C@H]3CCCC[C@H]3O)CC2)n1. The Morgan fingerprint density at radius 3 is 2.74 bits per heavy atom. The van der Waals surface area contributed by atoms with E-state index in [0.29, 0.717) is 18.0 Å². The highest BCUT2D eigenvalue weighted by Gasteiger charge is 2.31. The van der Waals surface area contributed by atoms with Gasteiger partial charge in [-0.15, -0.1) is 0 Å². The molecule has 0 bridgehead atoms. The number of pyridine rings is 1. The number of piperidine rings is 1. The van der Waals surface area contributed by atoms with Crippen molar-refractivity contribution in [1.29, 1.82) is 0 Å².